The number of benzene rings is 1. The highest BCUT2D eigenvalue weighted by atomic mass is 16.5. The first-order chi connectivity index (χ1) is 15.7. The normalized spacial score (nSPS) is 45.5. The summed E-state index contributed by atoms with van der Waals surface area (Å²) in [6.07, 6.45) is 8.01. The fourth-order valence-corrected chi connectivity index (χ4v) is 8.64. The van der Waals surface area contributed by atoms with Crippen LogP contribution >= 0.6 is 0 Å². The minimum Gasteiger partial charge on any atom is -0.393 e. The lowest BCUT2D eigenvalue weighted by molar-refractivity contribution is -0.190. The molecular formula is C29H42O4. The van der Waals surface area contributed by atoms with Crippen molar-refractivity contribution in [3.8, 4) is 0 Å². The zero-order valence-corrected chi connectivity index (χ0v) is 20.5. The predicted octanol–water partition coefficient (Wildman–Crippen LogP) is 4.86. The Morgan fingerprint density at radius 2 is 1.82 bits per heavy atom. The van der Waals surface area contributed by atoms with Crippen LogP contribution in [0.2, 0.25) is 0 Å². The Balaban J connectivity index is 1.34. The summed E-state index contributed by atoms with van der Waals surface area (Å²) < 4.78 is 6.03. The molecule has 0 unspecified atom stereocenters. The zero-order valence-electron chi connectivity index (χ0n) is 20.5. The van der Waals surface area contributed by atoms with Crippen molar-refractivity contribution in [3.63, 3.8) is 0 Å². The average Bonchev–Trinajstić information content (AvgIpc) is 3.02. The Bertz CT molecular complexity index is 883. The molecule has 3 fully saturated rings. The van der Waals surface area contributed by atoms with Gasteiger partial charge >= 0.3 is 0 Å². The van der Waals surface area contributed by atoms with Gasteiger partial charge in [0.2, 0.25) is 0 Å². The molecule has 182 valence electrons. The second-order valence-electron chi connectivity index (χ2n) is 12.1. The number of hydrogen-bond acceptors (Lipinski definition) is 4. The summed E-state index contributed by atoms with van der Waals surface area (Å²) in [5.41, 5.74) is 1.32. The first kappa shape index (κ1) is 23.5. The average molecular weight is 455 g/mol. The molecule has 4 aliphatic rings. The molecule has 9 atom stereocenters. The molecule has 0 spiro atoms. The second-order valence-corrected chi connectivity index (χ2v) is 12.1. The van der Waals surface area contributed by atoms with Gasteiger partial charge in [-0.2, -0.15) is 0 Å². The van der Waals surface area contributed by atoms with Crippen LogP contribution in [0.3, 0.4) is 0 Å². The van der Waals surface area contributed by atoms with Gasteiger partial charge in [-0.1, -0.05) is 62.8 Å². The van der Waals surface area contributed by atoms with Gasteiger partial charge in [-0.3, -0.25) is 0 Å². The van der Waals surface area contributed by atoms with Crippen LogP contribution in [0.4, 0.5) is 0 Å². The molecule has 0 saturated heterocycles. The van der Waals surface area contributed by atoms with E-state index in [2.05, 4.69) is 39.0 Å². The number of fused-ring (bicyclic) bond motifs is 5. The molecule has 4 heteroatoms. The van der Waals surface area contributed by atoms with Crippen molar-refractivity contribution < 1.29 is 20.1 Å². The minimum atomic E-state index is -1.13. The Morgan fingerprint density at radius 3 is 2.58 bits per heavy atom. The molecule has 1 aromatic rings. The summed E-state index contributed by atoms with van der Waals surface area (Å²) in [5.74, 6) is 1.25. The molecule has 33 heavy (non-hydrogen) atoms. The Labute approximate surface area is 199 Å². The number of aliphatic hydroxyl groups is 3. The van der Waals surface area contributed by atoms with Crippen LogP contribution in [0, 0.1) is 34.5 Å². The van der Waals surface area contributed by atoms with Crippen LogP contribution in [0.5, 0.6) is 0 Å². The third-order valence-corrected chi connectivity index (χ3v) is 10.6. The van der Waals surface area contributed by atoms with Gasteiger partial charge < -0.3 is 20.1 Å². The summed E-state index contributed by atoms with van der Waals surface area (Å²) in [4.78, 5) is 0. The summed E-state index contributed by atoms with van der Waals surface area (Å²) in [5, 5.41) is 33.7. The summed E-state index contributed by atoms with van der Waals surface area (Å²) in [6, 6.07) is 10.1. The van der Waals surface area contributed by atoms with E-state index in [9.17, 15) is 15.3 Å². The third kappa shape index (κ3) is 3.55. The van der Waals surface area contributed by atoms with Crippen LogP contribution in [-0.2, 0) is 11.3 Å². The van der Waals surface area contributed by atoms with E-state index in [0.29, 0.717) is 37.4 Å². The molecule has 4 aliphatic carbocycles. The molecule has 3 N–H and O–H groups in total. The number of hydrogen-bond donors (Lipinski definition) is 3. The smallest absolute Gasteiger partial charge is 0.101 e. The lowest BCUT2D eigenvalue weighted by atomic mass is 9.46. The van der Waals surface area contributed by atoms with Crippen LogP contribution in [0.15, 0.2) is 42.0 Å². The van der Waals surface area contributed by atoms with Gasteiger partial charge in [0.15, 0.2) is 0 Å². The molecule has 0 heterocycles. The molecule has 1 aromatic carbocycles. The number of ether oxygens (including phenoxy) is 1. The van der Waals surface area contributed by atoms with Crippen molar-refractivity contribution in [2.45, 2.75) is 90.1 Å². The quantitative estimate of drug-likeness (QED) is 0.556. The van der Waals surface area contributed by atoms with Crippen molar-refractivity contribution in [3.05, 3.63) is 47.5 Å². The van der Waals surface area contributed by atoms with Gasteiger partial charge in [-0.05, 0) is 73.7 Å². The van der Waals surface area contributed by atoms with E-state index >= 15 is 0 Å². The summed E-state index contributed by atoms with van der Waals surface area (Å²) in [6.45, 7) is 7.68. The van der Waals surface area contributed by atoms with Gasteiger partial charge in [0.1, 0.15) is 5.60 Å². The van der Waals surface area contributed by atoms with Gasteiger partial charge in [-0.25, -0.2) is 0 Å². The van der Waals surface area contributed by atoms with Crippen LogP contribution < -0.4 is 0 Å². The fourth-order valence-electron chi connectivity index (χ4n) is 8.64. The van der Waals surface area contributed by atoms with Gasteiger partial charge in [0.25, 0.3) is 0 Å². The lowest BCUT2D eigenvalue weighted by Gasteiger charge is -2.59. The Morgan fingerprint density at radius 1 is 1.06 bits per heavy atom. The van der Waals surface area contributed by atoms with Gasteiger partial charge in [-0.15, -0.1) is 0 Å². The third-order valence-electron chi connectivity index (χ3n) is 10.6. The first-order valence-corrected chi connectivity index (χ1v) is 13.1. The highest BCUT2D eigenvalue weighted by molar-refractivity contribution is 5.27. The largest absolute Gasteiger partial charge is 0.393 e. The Kier molecular flexibility index (Phi) is 6.05. The topological polar surface area (TPSA) is 69.9 Å². The SMILES string of the molecule is C[C@H](COCc1ccccc1)[C@@]1(O)[C@@H](O)C[C@H]2[C@@H]3CC=C4C[C@@H](O)CC[C@]4(C)[C@H]3CC[C@@]21C. The van der Waals surface area contributed by atoms with E-state index in [1.165, 1.54) is 5.57 Å². The lowest BCUT2D eigenvalue weighted by Crippen LogP contribution is -2.60. The Hall–Kier alpha value is -1.20. The first-order valence-electron chi connectivity index (χ1n) is 13.1. The maximum Gasteiger partial charge on any atom is 0.101 e. The van der Waals surface area contributed by atoms with E-state index in [-0.39, 0.29) is 22.9 Å². The maximum atomic E-state index is 12.1. The summed E-state index contributed by atoms with van der Waals surface area (Å²) >= 11 is 0. The molecule has 0 bridgehead atoms. The van der Waals surface area contributed by atoms with Gasteiger partial charge in [0, 0.05) is 11.3 Å². The van der Waals surface area contributed by atoms with Crippen LogP contribution in [-0.4, -0.2) is 39.7 Å². The van der Waals surface area contributed by atoms with E-state index in [1.54, 1.807) is 0 Å². The monoisotopic (exact) mass is 454 g/mol. The molecule has 0 radical (unpaired) electrons. The minimum absolute atomic E-state index is 0.141. The van der Waals surface area contributed by atoms with E-state index < -0.39 is 11.7 Å². The molecule has 0 amide bonds. The molecule has 3 saturated carbocycles. The van der Waals surface area contributed by atoms with Crippen molar-refractivity contribution in [1.29, 1.82) is 0 Å². The van der Waals surface area contributed by atoms with Crippen molar-refractivity contribution in [2.75, 3.05) is 6.61 Å². The highest BCUT2D eigenvalue weighted by Gasteiger charge is 2.68. The highest BCUT2D eigenvalue weighted by Crippen LogP contribution is 2.68. The number of rotatable bonds is 5. The second kappa shape index (κ2) is 8.48. The molecular weight excluding hydrogens is 412 g/mol. The zero-order chi connectivity index (χ0) is 23.4. The molecule has 5 rings (SSSR count). The summed E-state index contributed by atoms with van der Waals surface area (Å²) in [7, 11) is 0. The number of allylic oxidation sites excluding steroid dienone is 1. The van der Waals surface area contributed by atoms with E-state index in [1.807, 2.05) is 18.2 Å². The van der Waals surface area contributed by atoms with E-state index in [4.69, 9.17) is 4.74 Å². The standard InChI is InChI=1S/C29H42O4/c1-19(17-33-18-20-7-5-4-6-8-20)29(32)26(31)16-25-23-10-9-21-15-22(30)11-13-27(21,2)24(23)12-14-28(25,29)3/h4-9,19,22-26,30-32H,10-18H2,1-3H3/t19-,22+,23-,24+,25+,26+,27+,28+,29-/m1/s1. The molecule has 4 nitrogen and oxygen atoms in total. The fraction of sp³-hybridized carbons (Fsp3) is 0.724. The van der Waals surface area contributed by atoms with Gasteiger partial charge in [0.05, 0.1) is 25.4 Å². The predicted molar refractivity (Wildman–Crippen MR) is 129 cm³/mol. The molecule has 0 aromatic heterocycles. The van der Waals surface area contributed by atoms with Crippen LogP contribution in [0.25, 0.3) is 0 Å². The van der Waals surface area contributed by atoms with Crippen molar-refractivity contribution in [2.24, 2.45) is 34.5 Å². The van der Waals surface area contributed by atoms with E-state index in [0.717, 1.165) is 44.1 Å². The van der Waals surface area contributed by atoms with Crippen LogP contribution in [0.1, 0.15) is 71.3 Å². The van der Waals surface area contributed by atoms with Crippen molar-refractivity contribution >= 4 is 0 Å². The number of aliphatic hydroxyl groups excluding tert-OH is 2. The van der Waals surface area contributed by atoms with Crippen molar-refractivity contribution in [1.82, 2.24) is 0 Å². The maximum absolute atomic E-state index is 12.1. The molecule has 0 aliphatic heterocycles.